The lowest BCUT2D eigenvalue weighted by atomic mass is 9.84. The number of fused-ring (bicyclic) bond motifs is 2. The van der Waals surface area contributed by atoms with Gasteiger partial charge in [0.1, 0.15) is 5.92 Å². The van der Waals surface area contributed by atoms with Crippen molar-refractivity contribution in [1.82, 2.24) is 5.32 Å². The molecule has 2 bridgehead atoms. The highest BCUT2D eigenvalue weighted by Crippen LogP contribution is 2.39. The van der Waals surface area contributed by atoms with Crippen LogP contribution in [0.5, 0.6) is 0 Å². The van der Waals surface area contributed by atoms with Crippen LogP contribution in [0.15, 0.2) is 0 Å². The quantitative estimate of drug-likeness (QED) is 0.678. The van der Waals surface area contributed by atoms with Crippen molar-refractivity contribution in [2.24, 2.45) is 5.92 Å². The molecule has 6 nitrogen and oxygen atoms in total. The van der Waals surface area contributed by atoms with Gasteiger partial charge in [0.15, 0.2) is 0 Å². The Kier molecular flexibility index (Phi) is 3.00. The van der Waals surface area contributed by atoms with Crippen molar-refractivity contribution in [1.29, 1.82) is 0 Å². The van der Waals surface area contributed by atoms with Gasteiger partial charge in [-0.15, -0.1) is 0 Å². The van der Waals surface area contributed by atoms with Crippen molar-refractivity contribution in [3.63, 3.8) is 0 Å². The molecule has 0 aliphatic carbocycles. The van der Waals surface area contributed by atoms with Crippen LogP contribution in [0.1, 0.15) is 12.8 Å². The number of rotatable bonds is 2. The van der Waals surface area contributed by atoms with Gasteiger partial charge in [0.2, 0.25) is 0 Å². The second-order valence-corrected chi connectivity index (χ2v) is 4.00. The third-order valence-corrected chi connectivity index (χ3v) is 3.22. The van der Waals surface area contributed by atoms with E-state index in [1.165, 1.54) is 14.2 Å². The standard InChI is InChI=1S/C10H15NO5/c1-14-9(12)7-5-3-4-6(16-5)8(7)11-10(13)15-2/h5-8H,3-4H2,1-2H3,(H,11,13)/t5-,6+,7+,8+/m0/s1. The molecule has 1 N–H and O–H groups in total. The van der Waals surface area contributed by atoms with E-state index in [1.807, 2.05) is 0 Å². The third kappa shape index (κ3) is 1.73. The van der Waals surface area contributed by atoms with Crippen LogP contribution in [0.2, 0.25) is 0 Å². The average Bonchev–Trinajstić information content (AvgIpc) is 2.88. The summed E-state index contributed by atoms with van der Waals surface area (Å²) in [6.45, 7) is 0. The number of methoxy groups -OCH3 is 2. The van der Waals surface area contributed by atoms with Crippen LogP contribution < -0.4 is 5.32 Å². The molecule has 0 aromatic heterocycles. The second-order valence-electron chi connectivity index (χ2n) is 4.00. The monoisotopic (exact) mass is 229 g/mol. The number of alkyl carbamates (subject to hydrolysis) is 1. The van der Waals surface area contributed by atoms with Crippen LogP contribution in [0.25, 0.3) is 0 Å². The molecule has 2 rings (SSSR count). The topological polar surface area (TPSA) is 73.9 Å². The fraction of sp³-hybridized carbons (Fsp3) is 0.800. The van der Waals surface area contributed by atoms with Gasteiger partial charge in [0.25, 0.3) is 0 Å². The van der Waals surface area contributed by atoms with E-state index in [4.69, 9.17) is 9.47 Å². The van der Waals surface area contributed by atoms with Crippen molar-refractivity contribution in [2.75, 3.05) is 14.2 Å². The lowest BCUT2D eigenvalue weighted by Crippen LogP contribution is -2.49. The van der Waals surface area contributed by atoms with E-state index >= 15 is 0 Å². The Hall–Kier alpha value is -1.30. The minimum Gasteiger partial charge on any atom is -0.469 e. The van der Waals surface area contributed by atoms with Gasteiger partial charge in [-0.05, 0) is 12.8 Å². The van der Waals surface area contributed by atoms with Crippen molar-refractivity contribution >= 4 is 12.1 Å². The number of hydrogen-bond acceptors (Lipinski definition) is 5. The molecule has 6 heteroatoms. The molecule has 2 aliphatic heterocycles. The summed E-state index contributed by atoms with van der Waals surface area (Å²) in [4.78, 5) is 22.7. The van der Waals surface area contributed by atoms with E-state index in [1.54, 1.807) is 0 Å². The smallest absolute Gasteiger partial charge is 0.407 e. The molecular formula is C10H15NO5. The molecule has 0 spiro atoms. The molecule has 2 fully saturated rings. The summed E-state index contributed by atoms with van der Waals surface area (Å²) in [6.07, 6.45) is 0.902. The maximum absolute atomic E-state index is 11.6. The van der Waals surface area contributed by atoms with E-state index in [0.717, 1.165) is 12.8 Å². The molecule has 16 heavy (non-hydrogen) atoms. The number of esters is 1. The largest absolute Gasteiger partial charge is 0.469 e. The van der Waals surface area contributed by atoms with Gasteiger partial charge in [-0.3, -0.25) is 4.79 Å². The third-order valence-electron chi connectivity index (χ3n) is 3.22. The molecule has 4 atom stereocenters. The summed E-state index contributed by atoms with van der Waals surface area (Å²) in [5.74, 6) is -0.753. The van der Waals surface area contributed by atoms with Crippen LogP contribution >= 0.6 is 0 Å². The molecular weight excluding hydrogens is 214 g/mol. The van der Waals surface area contributed by atoms with E-state index in [0.29, 0.717) is 0 Å². The van der Waals surface area contributed by atoms with Crippen molar-refractivity contribution in [3.8, 4) is 0 Å². The Morgan fingerprint density at radius 2 is 1.88 bits per heavy atom. The predicted molar refractivity (Wildman–Crippen MR) is 52.7 cm³/mol. The summed E-state index contributed by atoms with van der Waals surface area (Å²) in [7, 11) is 2.63. The number of ether oxygens (including phenoxy) is 3. The van der Waals surface area contributed by atoms with Crippen LogP contribution in [0.3, 0.4) is 0 Å². The highest BCUT2D eigenvalue weighted by atomic mass is 16.6. The number of carbonyl (C=O) groups excluding carboxylic acids is 2. The molecule has 90 valence electrons. The molecule has 0 radical (unpaired) electrons. The van der Waals surface area contributed by atoms with E-state index in [-0.39, 0.29) is 24.2 Å². The van der Waals surface area contributed by atoms with Gasteiger partial charge in [0, 0.05) is 0 Å². The predicted octanol–water partition coefficient (Wildman–Crippen LogP) is 0.0614. The molecule has 0 aromatic rings. The van der Waals surface area contributed by atoms with Gasteiger partial charge in [0.05, 0.1) is 32.5 Å². The number of nitrogens with one attached hydrogen (secondary N) is 1. The zero-order chi connectivity index (χ0) is 11.7. The Morgan fingerprint density at radius 3 is 2.50 bits per heavy atom. The molecule has 1 amide bonds. The molecule has 0 unspecified atom stereocenters. The maximum atomic E-state index is 11.6. The Morgan fingerprint density at radius 1 is 1.19 bits per heavy atom. The minimum absolute atomic E-state index is 0.104. The van der Waals surface area contributed by atoms with Crippen LogP contribution in [0, 0.1) is 5.92 Å². The SMILES string of the molecule is COC(=O)N[C@H]1[C@H](C(=O)OC)[C@@H]2CC[C@H]1O2. The average molecular weight is 229 g/mol. The first kappa shape index (κ1) is 11.2. The van der Waals surface area contributed by atoms with Gasteiger partial charge in [-0.2, -0.15) is 0 Å². The van der Waals surface area contributed by atoms with Gasteiger partial charge in [-0.25, -0.2) is 4.79 Å². The first-order chi connectivity index (χ1) is 7.67. The van der Waals surface area contributed by atoms with E-state index in [2.05, 4.69) is 10.1 Å². The van der Waals surface area contributed by atoms with Gasteiger partial charge < -0.3 is 19.5 Å². The number of hydrogen-bond donors (Lipinski definition) is 1. The second kappa shape index (κ2) is 4.29. The maximum Gasteiger partial charge on any atom is 0.407 e. The molecule has 0 aromatic carbocycles. The van der Waals surface area contributed by atoms with Crippen LogP contribution in [-0.4, -0.2) is 44.5 Å². The summed E-state index contributed by atoms with van der Waals surface area (Å²) in [5.41, 5.74) is 0. The fourth-order valence-electron chi connectivity index (χ4n) is 2.49. The van der Waals surface area contributed by atoms with Gasteiger partial charge >= 0.3 is 12.1 Å². The first-order valence-corrected chi connectivity index (χ1v) is 5.25. The van der Waals surface area contributed by atoms with E-state index in [9.17, 15) is 9.59 Å². The Balaban J connectivity index is 2.08. The van der Waals surface area contributed by atoms with Crippen molar-refractivity contribution < 1.29 is 23.8 Å². The lowest BCUT2D eigenvalue weighted by molar-refractivity contribution is -0.147. The zero-order valence-corrected chi connectivity index (χ0v) is 9.26. The van der Waals surface area contributed by atoms with Crippen LogP contribution in [0.4, 0.5) is 4.79 Å². The van der Waals surface area contributed by atoms with E-state index < -0.39 is 12.0 Å². The summed E-state index contributed by atoms with van der Waals surface area (Å²) < 4.78 is 14.8. The van der Waals surface area contributed by atoms with Gasteiger partial charge in [-0.1, -0.05) is 0 Å². The van der Waals surface area contributed by atoms with Crippen LogP contribution in [-0.2, 0) is 19.0 Å². The molecule has 2 aliphatic rings. The highest BCUT2D eigenvalue weighted by molar-refractivity contribution is 5.76. The Bertz CT molecular complexity index is 306. The first-order valence-electron chi connectivity index (χ1n) is 5.25. The Labute approximate surface area is 93.2 Å². The molecule has 2 heterocycles. The summed E-state index contributed by atoms with van der Waals surface area (Å²) >= 11 is 0. The lowest BCUT2D eigenvalue weighted by Gasteiger charge is -2.25. The number of amides is 1. The van der Waals surface area contributed by atoms with Crippen molar-refractivity contribution in [3.05, 3.63) is 0 Å². The molecule has 2 saturated heterocycles. The number of carbonyl (C=O) groups is 2. The normalized spacial score (nSPS) is 35.9. The summed E-state index contributed by atoms with van der Waals surface area (Å²) in [6, 6.07) is -0.335. The minimum atomic E-state index is -0.546. The van der Waals surface area contributed by atoms with Crippen molar-refractivity contribution in [2.45, 2.75) is 31.1 Å². The summed E-state index contributed by atoms with van der Waals surface area (Å²) in [5, 5.41) is 2.64. The fourth-order valence-corrected chi connectivity index (χ4v) is 2.49. The highest BCUT2D eigenvalue weighted by Gasteiger charge is 2.53. The molecule has 0 saturated carbocycles. The zero-order valence-electron chi connectivity index (χ0n) is 9.26.